The molecule has 156 valence electrons. The fourth-order valence-electron chi connectivity index (χ4n) is 2.67. The van der Waals surface area contributed by atoms with Gasteiger partial charge in [-0.1, -0.05) is 32.9 Å². The molecule has 0 saturated carbocycles. The molecule has 1 N–H and O–H groups in total. The quantitative estimate of drug-likeness (QED) is 0.534. The Hall–Kier alpha value is -3.35. The molecule has 0 bridgehead atoms. The number of hydrogen-bond acceptors (Lipinski definition) is 3. The Morgan fingerprint density at radius 2 is 1.47 bits per heavy atom. The second kappa shape index (κ2) is 8.18. The Morgan fingerprint density at radius 1 is 0.867 bits per heavy atom. The van der Waals surface area contributed by atoms with E-state index in [1.165, 1.54) is 11.8 Å². The predicted molar refractivity (Wildman–Crippen MR) is 109 cm³/mol. The maximum atomic E-state index is 12.6. The zero-order chi connectivity index (χ0) is 21.9. The molecule has 3 rings (SSSR count). The van der Waals surface area contributed by atoms with Gasteiger partial charge < -0.3 is 10.1 Å². The molecule has 7 heteroatoms. The summed E-state index contributed by atoms with van der Waals surface area (Å²) in [5.41, 5.74) is 0.934. The van der Waals surface area contributed by atoms with E-state index in [0.717, 1.165) is 24.3 Å². The molecular formula is C23H21F3N2O2. The number of carbonyl (C=O) groups is 1. The van der Waals surface area contributed by atoms with Crippen LogP contribution in [0.15, 0.2) is 66.9 Å². The number of amides is 1. The number of aromatic nitrogens is 1. The van der Waals surface area contributed by atoms with E-state index in [0.29, 0.717) is 17.3 Å². The zero-order valence-corrected chi connectivity index (χ0v) is 16.7. The van der Waals surface area contributed by atoms with E-state index in [1.54, 1.807) is 12.1 Å². The maximum absolute atomic E-state index is 12.6. The van der Waals surface area contributed by atoms with Crippen LogP contribution in [0.2, 0.25) is 0 Å². The lowest BCUT2D eigenvalue weighted by molar-refractivity contribution is -0.137. The monoisotopic (exact) mass is 414 g/mol. The van der Waals surface area contributed by atoms with Gasteiger partial charge in [0.2, 0.25) is 5.88 Å². The number of nitrogens with one attached hydrogen (secondary N) is 1. The summed E-state index contributed by atoms with van der Waals surface area (Å²) in [6, 6.07) is 14.9. The van der Waals surface area contributed by atoms with Gasteiger partial charge in [0.05, 0.1) is 17.4 Å². The van der Waals surface area contributed by atoms with E-state index in [1.807, 2.05) is 24.3 Å². The lowest BCUT2D eigenvalue weighted by atomic mass is 9.87. The summed E-state index contributed by atoms with van der Waals surface area (Å²) in [5, 5.41) is 2.59. The molecule has 3 aromatic rings. The third kappa shape index (κ3) is 5.37. The van der Waals surface area contributed by atoms with Crippen LogP contribution in [0, 0.1) is 0 Å². The Kier molecular flexibility index (Phi) is 5.82. The van der Waals surface area contributed by atoms with Gasteiger partial charge in [-0.15, -0.1) is 0 Å². The molecule has 4 nitrogen and oxygen atoms in total. The van der Waals surface area contributed by atoms with Crippen molar-refractivity contribution in [1.82, 2.24) is 4.98 Å². The van der Waals surface area contributed by atoms with Crippen LogP contribution in [0.25, 0.3) is 0 Å². The summed E-state index contributed by atoms with van der Waals surface area (Å²) < 4.78 is 43.5. The topological polar surface area (TPSA) is 51.2 Å². The first kappa shape index (κ1) is 21.4. The lowest BCUT2D eigenvalue weighted by Crippen LogP contribution is -2.13. The summed E-state index contributed by atoms with van der Waals surface area (Å²) in [5.74, 6) is 0.458. The third-order valence-electron chi connectivity index (χ3n) is 4.41. The van der Waals surface area contributed by atoms with Crippen LogP contribution in [0.1, 0.15) is 42.3 Å². The minimum atomic E-state index is -4.44. The van der Waals surface area contributed by atoms with Crippen molar-refractivity contribution in [2.75, 3.05) is 5.32 Å². The highest BCUT2D eigenvalue weighted by atomic mass is 19.4. The van der Waals surface area contributed by atoms with Gasteiger partial charge in [0.1, 0.15) is 5.75 Å². The zero-order valence-electron chi connectivity index (χ0n) is 16.7. The van der Waals surface area contributed by atoms with Gasteiger partial charge in [-0.25, -0.2) is 4.98 Å². The molecule has 0 aliphatic heterocycles. The lowest BCUT2D eigenvalue weighted by Gasteiger charge is -2.19. The second-order valence-electron chi connectivity index (χ2n) is 7.79. The smallest absolute Gasteiger partial charge is 0.416 e. The molecule has 0 atom stereocenters. The fourth-order valence-corrected chi connectivity index (χ4v) is 2.67. The molecule has 1 aromatic heterocycles. The maximum Gasteiger partial charge on any atom is 0.416 e. The molecule has 2 aromatic carbocycles. The molecule has 0 radical (unpaired) electrons. The van der Waals surface area contributed by atoms with Crippen molar-refractivity contribution < 1.29 is 22.7 Å². The average Bonchev–Trinajstić information content (AvgIpc) is 2.68. The van der Waals surface area contributed by atoms with Crippen molar-refractivity contribution in [2.45, 2.75) is 32.4 Å². The standard InChI is InChI=1S/C23H21F3N2O2/c1-22(2,3)16-8-11-19(12-9-16)30-20-13-10-18(14-27-20)28-21(29)15-4-6-17(7-5-15)23(24,25)26/h4-14H,1-3H3,(H,28,29). The van der Waals surface area contributed by atoms with Crippen molar-refractivity contribution >= 4 is 11.6 Å². The molecule has 0 fully saturated rings. The number of rotatable bonds is 4. The van der Waals surface area contributed by atoms with Gasteiger partial charge in [0.15, 0.2) is 0 Å². The molecule has 1 amide bonds. The Bertz CT molecular complexity index is 1000. The molecule has 0 saturated heterocycles. The van der Waals surface area contributed by atoms with E-state index in [2.05, 4.69) is 31.1 Å². The van der Waals surface area contributed by atoms with Crippen molar-refractivity contribution in [3.8, 4) is 11.6 Å². The van der Waals surface area contributed by atoms with Gasteiger partial charge >= 0.3 is 6.18 Å². The van der Waals surface area contributed by atoms with Crippen LogP contribution < -0.4 is 10.1 Å². The van der Waals surface area contributed by atoms with E-state index < -0.39 is 17.6 Å². The fraction of sp³-hybridized carbons (Fsp3) is 0.217. The van der Waals surface area contributed by atoms with Gasteiger partial charge in [-0.3, -0.25) is 4.79 Å². The van der Waals surface area contributed by atoms with Crippen LogP contribution >= 0.6 is 0 Å². The van der Waals surface area contributed by atoms with E-state index in [-0.39, 0.29) is 11.0 Å². The minimum absolute atomic E-state index is 0.0453. The number of benzene rings is 2. The number of hydrogen-bond donors (Lipinski definition) is 1. The highest BCUT2D eigenvalue weighted by Gasteiger charge is 2.30. The summed E-state index contributed by atoms with van der Waals surface area (Å²) in [6.07, 6.45) is -3.03. The van der Waals surface area contributed by atoms with Gasteiger partial charge in [0, 0.05) is 11.6 Å². The van der Waals surface area contributed by atoms with E-state index in [4.69, 9.17) is 4.74 Å². The molecule has 0 aliphatic carbocycles. The van der Waals surface area contributed by atoms with E-state index >= 15 is 0 Å². The molecule has 30 heavy (non-hydrogen) atoms. The summed E-state index contributed by atoms with van der Waals surface area (Å²) in [4.78, 5) is 16.4. The van der Waals surface area contributed by atoms with Crippen LogP contribution in [0.4, 0.5) is 18.9 Å². The average molecular weight is 414 g/mol. The molecule has 0 aliphatic rings. The van der Waals surface area contributed by atoms with Crippen LogP contribution in [-0.4, -0.2) is 10.9 Å². The van der Waals surface area contributed by atoms with Crippen molar-refractivity contribution in [3.05, 3.63) is 83.6 Å². The highest BCUT2D eigenvalue weighted by molar-refractivity contribution is 6.04. The molecule has 0 unspecified atom stereocenters. The largest absolute Gasteiger partial charge is 0.439 e. The molecule has 1 heterocycles. The van der Waals surface area contributed by atoms with Crippen molar-refractivity contribution in [2.24, 2.45) is 0 Å². The van der Waals surface area contributed by atoms with Crippen LogP contribution in [0.5, 0.6) is 11.6 Å². The van der Waals surface area contributed by atoms with E-state index in [9.17, 15) is 18.0 Å². The summed E-state index contributed by atoms with van der Waals surface area (Å²) in [7, 11) is 0. The minimum Gasteiger partial charge on any atom is -0.439 e. The van der Waals surface area contributed by atoms with Crippen LogP contribution in [-0.2, 0) is 11.6 Å². The first-order chi connectivity index (χ1) is 14.0. The number of nitrogens with zero attached hydrogens (tertiary/aromatic N) is 1. The van der Waals surface area contributed by atoms with Gasteiger partial charge in [-0.2, -0.15) is 13.2 Å². The number of ether oxygens (including phenoxy) is 1. The number of halogens is 3. The SMILES string of the molecule is CC(C)(C)c1ccc(Oc2ccc(NC(=O)c3ccc(C(F)(F)F)cc3)cn2)cc1. The number of anilines is 1. The Labute approximate surface area is 172 Å². The normalized spacial score (nSPS) is 11.8. The van der Waals surface area contributed by atoms with Gasteiger partial charge in [-0.05, 0) is 53.4 Å². The summed E-state index contributed by atoms with van der Waals surface area (Å²) in [6.45, 7) is 6.38. The molecular weight excluding hydrogens is 393 g/mol. The third-order valence-corrected chi connectivity index (χ3v) is 4.41. The number of carbonyl (C=O) groups excluding carboxylic acids is 1. The van der Waals surface area contributed by atoms with Crippen molar-refractivity contribution in [3.63, 3.8) is 0 Å². The van der Waals surface area contributed by atoms with Crippen molar-refractivity contribution in [1.29, 1.82) is 0 Å². The number of alkyl halides is 3. The number of pyridine rings is 1. The second-order valence-corrected chi connectivity index (χ2v) is 7.79. The Balaban J connectivity index is 1.62. The Morgan fingerprint density at radius 3 is 1.97 bits per heavy atom. The molecule has 0 spiro atoms. The summed E-state index contributed by atoms with van der Waals surface area (Å²) >= 11 is 0. The van der Waals surface area contributed by atoms with Gasteiger partial charge in [0.25, 0.3) is 5.91 Å². The predicted octanol–water partition coefficient (Wildman–Crippen LogP) is 6.44. The first-order valence-electron chi connectivity index (χ1n) is 9.25. The first-order valence-corrected chi connectivity index (χ1v) is 9.25. The van der Waals surface area contributed by atoms with Crippen LogP contribution in [0.3, 0.4) is 0 Å². The highest BCUT2D eigenvalue weighted by Crippen LogP contribution is 2.29.